The largest absolute Gasteiger partial charge is 0.502 e. The number of carbonyl (C=O) groups is 2. The summed E-state index contributed by atoms with van der Waals surface area (Å²) in [7, 11) is 0. The Morgan fingerprint density at radius 1 is 1.19 bits per heavy atom. The van der Waals surface area contributed by atoms with Gasteiger partial charge in [0.15, 0.2) is 5.78 Å². The van der Waals surface area contributed by atoms with E-state index in [0.29, 0.717) is 16.6 Å². The van der Waals surface area contributed by atoms with Crippen LogP contribution in [-0.2, 0) is 20.9 Å². The smallest absolute Gasteiger partial charge is 0.373 e. The third-order valence-corrected chi connectivity index (χ3v) is 4.14. The van der Waals surface area contributed by atoms with E-state index in [9.17, 15) is 14.7 Å². The van der Waals surface area contributed by atoms with Gasteiger partial charge in [-0.1, -0.05) is 29.3 Å². The maximum absolute atomic E-state index is 11.9. The lowest BCUT2D eigenvalue weighted by atomic mass is 10.2. The van der Waals surface area contributed by atoms with Gasteiger partial charge in [-0.3, -0.25) is 4.79 Å². The van der Waals surface area contributed by atoms with E-state index in [1.165, 1.54) is 6.08 Å². The summed E-state index contributed by atoms with van der Waals surface area (Å²) in [5.74, 6) is -2.22. The average molecular weight is 394 g/mol. The monoisotopic (exact) mass is 393 g/mol. The minimum Gasteiger partial charge on any atom is -0.502 e. The first-order valence-electron chi connectivity index (χ1n) is 7.80. The van der Waals surface area contributed by atoms with E-state index in [1.54, 1.807) is 31.2 Å². The van der Waals surface area contributed by atoms with Crippen LogP contribution in [0.1, 0.15) is 18.2 Å². The van der Waals surface area contributed by atoms with Gasteiger partial charge >= 0.3 is 5.97 Å². The van der Waals surface area contributed by atoms with Crippen LogP contribution in [0.3, 0.4) is 0 Å². The number of allylic oxidation sites excluding steroid dienone is 2. The summed E-state index contributed by atoms with van der Waals surface area (Å²) in [5.41, 5.74) is 1.51. The second-order valence-electron chi connectivity index (χ2n) is 5.25. The zero-order chi connectivity index (χ0) is 19.1. The summed E-state index contributed by atoms with van der Waals surface area (Å²) in [6.45, 7) is 2.15. The quantitative estimate of drug-likeness (QED) is 0.429. The lowest BCUT2D eigenvalue weighted by molar-refractivity contribution is -0.141. The highest BCUT2D eigenvalue weighted by atomic mass is 35.5. The molecule has 5 nitrogen and oxygen atoms in total. The van der Waals surface area contributed by atoms with Gasteiger partial charge in [-0.2, -0.15) is 0 Å². The van der Waals surface area contributed by atoms with Gasteiger partial charge in [0, 0.05) is 33.6 Å². The molecular formula is C19H17Cl2NO4. The van der Waals surface area contributed by atoms with Crippen molar-refractivity contribution in [1.82, 2.24) is 4.57 Å². The Balaban J connectivity index is 2.13. The first-order chi connectivity index (χ1) is 12.4. The standard InChI is InChI=1S/C19H17Cl2NO4/c1-2-26-19(25)18(24)11-14(23)9-8-13-5-4-10-22(13)12-15-16(20)6-3-7-17(15)21/h3-11,24H,2,12H2,1H3/b9-8+,18-11-. The number of hydrogen-bond donors (Lipinski definition) is 1. The summed E-state index contributed by atoms with van der Waals surface area (Å²) < 4.78 is 6.47. The lowest BCUT2D eigenvalue weighted by Crippen LogP contribution is -2.08. The van der Waals surface area contributed by atoms with E-state index in [-0.39, 0.29) is 6.61 Å². The van der Waals surface area contributed by atoms with Gasteiger partial charge in [0.1, 0.15) is 0 Å². The van der Waals surface area contributed by atoms with Gasteiger partial charge < -0.3 is 14.4 Å². The summed E-state index contributed by atoms with van der Waals surface area (Å²) in [6, 6.07) is 8.92. The van der Waals surface area contributed by atoms with E-state index < -0.39 is 17.5 Å². The fourth-order valence-electron chi connectivity index (χ4n) is 2.19. The predicted octanol–water partition coefficient (Wildman–Crippen LogP) is 4.43. The lowest BCUT2D eigenvalue weighted by Gasteiger charge is -2.10. The number of hydrogen-bond acceptors (Lipinski definition) is 4. The SMILES string of the molecule is CCOC(=O)/C(O)=C/C(=O)/C=C/c1cccn1Cc1c(Cl)cccc1Cl. The van der Waals surface area contributed by atoms with Crippen LogP contribution in [-0.4, -0.2) is 28.0 Å². The van der Waals surface area contributed by atoms with Gasteiger partial charge in [0.05, 0.1) is 13.2 Å². The number of carbonyl (C=O) groups excluding carboxylic acids is 2. The Morgan fingerprint density at radius 3 is 2.54 bits per heavy atom. The molecule has 0 atom stereocenters. The summed E-state index contributed by atoms with van der Waals surface area (Å²) in [5, 5.41) is 10.6. The Morgan fingerprint density at radius 2 is 1.88 bits per heavy atom. The molecule has 1 aromatic carbocycles. The van der Waals surface area contributed by atoms with Gasteiger partial charge in [-0.15, -0.1) is 0 Å². The second kappa shape index (κ2) is 9.27. The molecule has 0 saturated heterocycles. The predicted molar refractivity (Wildman–Crippen MR) is 101 cm³/mol. The normalized spacial score (nSPS) is 11.7. The third kappa shape index (κ3) is 5.25. The van der Waals surface area contributed by atoms with Crippen LogP contribution in [0, 0.1) is 0 Å². The number of aromatic nitrogens is 1. The van der Waals surface area contributed by atoms with Crippen LogP contribution in [0.5, 0.6) is 0 Å². The van der Waals surface area contributed by atoms with Crippen LogP contribution >= 0.6 is 23.2 Å². The first-order valence-corrected chi connectivity index (χ1v) is 8.55. The van der Waals surface area contributed by atoms with Crippen molar-refractivity contribution in [3.8, 4) is 0 Å². The molecule has 7 heteroatoms. The zero-order valence-electron chi connectivity index (χ0n) is 14.0. The molecule has 0 amide bonds. The number of halogens is 2. The molecule has 0 bridgehead atoms. The average Bonchev–Trinajstić information content (AvgIpc) is 3.04. The van der Waals surface area contributed by atoms with Crippen LogP contribution in [0.25, 0.3) is 6.08 Å². The number of ketones is 1. The molecule has 0 aliphatic rings. The molecular weight excluding hydrogens is 377 g/mol. The van der Waals surface area contributed by atoms with Crippen molar-refractivity contribution >= 4 is 41.0 Å². The van der Waals surface area contributed by atoms with Gasteiger partial charge in [-0.25, -0.2) is 4.79 Å². The van der Waals surface area contributed by atoms with Gasteiger partial charge in [0.2, 0.25) is 5.76 Å². The number of nitrogens with zero attached hydrogens (tertiary/aromatic N) is 1. The summed E-state index contributed by atoms with van der Waals surface area (Å²) in [6.07, 6.45) is 5.46. The molecule has 0 aliphatic carbocycles. The van der Waals surface area contributed by atoms with E-state index in [2.05, 4.69) is 4.74 Å². The molecule has 136 valence electrons. The number of esters is 1. The molecule has 1 aromatic heterocycles. The number of aliphatic hydroxyl groups excluding tert-OH is 1. The minimum atomic E-state index is -0.939. The van der Waals surface area contributed by atoms with Crippen molar-refractivity contribution in [1.29, 1.82) is 0 Å². The van der Waals surface area contributed by atoms with E-state index in [1.807, 2.05) is 22.9 Å². The summed E-state index contributed by atoms with van der Waals surface area (Å²) >= 11 is 12.4. The fraction of sp³-hybridized carbons (Fsp3) is 0.158. The van der Waals surface area contributed by atoms with E-state index in [0.717, 1.165) is 17.3 Å². The Labute approximate surface area is 161 Å². The van der Waals surface area contributed by atoms with Gasteiger partial charge in [0.25, 0.3) is 0 Å². The van der Waals surface area contributed by atoms with Crippen LogP contribution in [0.15, 0.2) is 54.4 Å². The molecule has 2 rings (SSSR count). The van der Waals surface area contributed by atoms with Crippen LogP contribution < -0.4 is 0 Å². The Kier molecular flexibility index (Phi) is 7.06. The summed E-state index contributed by atoms with van der Waals surface area (Å²) in [4.78, 5) is 23.1. The number of aliphatic hydroxyl groups is 1. The molecule has 0 unspecified atom stereocenters. The highest BCUT2D eigenvalue weighted by Gasteiger charge is 2.10. The second-order valence-corrected chi connectivity index (χ2v) is 6.06. The zero-order valence-corrected chi connectivity index (χ0v) is 15.5. The topological polar surface area (TPSA) is 68.5 Å². The molecule has 2 aromatic rings. The van der Waals surface area contributed by atoms with E-state index >= 15 is 0 Å². The minimum absolute atomic E-state index is 0.110. The highest BCUT2D eigenvalue weighted by molar-refractivity contribution is 6.36. The number of benzene rings is 1. The third-order valence-electron chi connectivity index (χ3n) is 3.44. The molecule has 0 spiro atoms. The maximum atomic E-state index is 11.9. The van der Waals surface area contributed by atoms with Crippen molar-refractivity contribution in [3.05, 3.63) is 75.7 Å². The van der Waals surface area contributed by atoms with E-state index in [4.69, 9.17) is 23.2 Å². The van der Waals surface area contributed by atoms with Gasteiger partial charge in [-0.05, 0) is 43.3 Å². The number of rotatable bonds is 7. The molecule has 0 saturated carbocycles. The first kappa shape index (κ1) is 19.8. The van der Waals surface area contributed by atoms with Crippen molar-refractivity contribution in [2.75, 3.05) is 6.61 Å². The molecule has 1 heterocycles. The van der Waals surface area contributed by atoms with Crippen LogP contribution in [0.4, 0.5) is 0 Å². The fourth-order valence-corrected chi connectivity index (χ4v) is 2.71. The Hall–Kier alpha value is -2.50. The molecule has 1 N–H and O–H groups in total. The molecule has 0 fully saturated rings. The molecule has 0 aliphatic heterocycles. The highest BCUT2D eigenvalue weighted by Crippen LogP contribution is 2.25. The van der Waals surface area contributed by atoms with Crippen molar-refractivity contribution in [2.24, 2.45) is 0 Å². The molecule has 0 radical (unpaired) electrons. The maximum Gasteiger partial charge on any atom is 0.373 e. The van der Waals surface area contributed by atoms with Crippen LogP contribution in [0.2, 0.25) is 10.0 Å². The van der Waals surface area contributed by atoms with Crippen molar-refractivity contribution < 1.29 is 19.4 Å². The Bertz CT molecular complexity index is 848. The van der Waals surface area contributed by atoms with Crippen molar-refractivity contribution in [3.63, 3.8) is 0 Å². The van der Waals surface area contributed by atoms with Crippen molar-refractivity contribution in [2.45, 2.75) is 13.5 Å². The number of ether oxygens (including phenoxy) is 1. The molecule has 26 heavy (non-hydrogen) atoms.